The summed E-state index contributed by atoms with van der Waals surface area (Å²) in [5.74, 6) is -0.440. The number of amides is 2. The van der Waals surface area contributed by atoms with E-state index in [9.17, 15) is 9.59 Å². The van der Waals surface area contributed by atoms with E-state index in [1.165, 1.54) is 11.3 Å². The largest absolute Gasteiger partial charge is 0.361 e. The van der Waals surface area contributed by atoms with Gasteiger partial charge in [-0.2, -0.15) is 0 Å². The molecule has 158 valence electrons. The normalized spacial score (nSPS) is 13.0. The van der Waals surface area contributed by atoms with Crippen LogP contribution in [0.2, 0.25) is 0 Å². The van der Waals surface area contributed by atoms with Crippen LogP contribution in [0.5, 0.6) is 0 Å². The summed E-state index contributed by atoms with van der Waals surface area (Å²) in [7, 11) is 0. The maximum absolute atomic E-state index is 13.3. The molecule has 2 aromatic heterocycles. The summed E-state index contributed by atoms with van der Waals surface area (Å²) >= 11 is 1.36. The molecule has 5 nitrogen and oxygen atoms in total. The van der Waals surface area contributed by atoms with Crippen molar-refractivity contribution in [2.45, 2.75) is 32.4 Å². The molecule has 0 aliphatic heterocycles. The lowest BCUT2D eigenvalue weighted by atomic mass is 10.0. The van der Waals surface area contributed by atoms with E-state index in [-0.39, 0.29) is 17.9 Å². The van der Waals surface area contributed by atoms with Crippen molar-refractivity contribution in [1.29, 1.82) is 0 Å². The average Bonchev–Trinajstić information content (AvgIpc) is 3.44. The Morgan fingerprint density at radius 1 is 1.00 bits per heavy atom. The van der Waals surface area contributed by atoms with E-state index in [0.717, 1.165) is 27.6 Å². The number of H-pyrrole nitrogens is 1. The first-order valence-electron chi connectivity index (χ1n) is 10.3. The van der Waals surface area contributed by atoms with Crippen molar-refractivity contribution in [3.63, 3.8) is 0 Å². The second kappa shape index (κ2) is 9.18. The first-order chi connectivity index (χ1) is 15.0. The number of nitrogens with one attached hydrogen (secondary N) is 3. The van der Waals surface area contributed by atoms with Crippen LogP contribution in [0.25, 0.3) is 10.9 Å². The first-order valence-corrected chi connectivity index (χ1v) is 11.2. The molecule has 2 heterocycles. The number of fused-ring (bicyclic) bond motifs is 1. The van der Waals surface area contributed by atoms with Gasteiger partial charge in [0, 0.05) is 23.5 Å². The molecular weight excluding hydrogens is 406 g/mol. The minimum Gasteiger partial charge on any atom is -0.361 e. The van der Waals surface area contributed by atoms with Gasteiger partial charge in [-0.1, -0.05) is 48.5 Å². The zero-order valence-corrected chi connectivity index (χ0v) is 18.3. The smallest absolute Gasteiger partial charge is 0.262 e. The Hall–Kier alpha value is -3.38. The van der Waals surface area contributed by atoms with Crippen LogP contribution in [0.1, 0.15) is 39.3 Å². The molecule has 0 saturated heterocycles. The summed E-state index contributed by atoms with van der Waals surface area (Å²) < 4.78 is 0. The second-order valence-corrected chi connectivity index (χ2v) is 8.60. The van der Waals surface area contributed by atoms with Crippen molar-refractivity contribution in [3.05, 3.63) is 93.8 Å². The van der Waals surface area contributed by atoms with Gasteiger partial charge in [0.2, 0.25) is 5.91 Å². The van der Waals surface area contributed by atoms with Crippen molar-refractivity contribution in [2.24, 2.45) is 0 Å². The van der Waals surface area contributed by atoms with E-state index in [1.54, 1.807) is 6.07 Å². The molecule has 0 spiro atoms. The van der Waals surface area contributed by atoms with Gasteiger partial charge in [-0.15, -0.1) is 11.3 Å². The molecule has 6 heteroatoms. The molecular formula is C25H25N3O2S. The number of hydrogen-bond donors (Lipinski definition) is 3. The van der Waals surface area contributed by atoms with Crippen LogP contribution in [0.3, 0.4) is 0 Å². The van der Waals surface area contributed by atoms with Gasteiger partial charge < -0.3 is 15.6 Å². The second-order valence-electron chi connectivity index (χ2n) is 7.65. The number of carbonyl (C=O) groups is 2. The van der Waals surface area contributed by atoms with E-state index in [2.05, 4.69) is 15.6 Å². The van der Waals surface area contributed by atoms with Crippen LogP contribution in [-0.2, 0) is 11.2 Å². The minimum atomic E-state index is -0.694. The van der Waals surface area contributed by atoms with E-state index >= 15 is 0 Å². The number of aromatic amines is 1. The average molecular weight is 432 g/mol. The van der Waals surface area contributed by atoms with Gasteiger partial charge in [-0.3, -0.25) is 9.59 Å². The van der Waals surface area contributed by atoms with Crippen molar-refractivity contribution < 1.29 is 9.59 Å². The predicted molar refractivity (Wildman–Crippen MR) is 125 cm³/mol. The summed E-state index contributed by atoms with van der Waals surface area (Å²) in [6, 6.07) is 18.7. The Morgan fingerprint density at radius 2 is 1.77 bits per heavy atom. The fraction of sp³-hybridized carbons (Fsp3) is 0.200. The van der Waals surface area contributed by atoms with Crippen LogP contribution in [0, 0.1) is 6.92 Å². The van der Waals surface area contributed by atoms with E-state index in [0.29, 0.717) is 11.3 Å². The summed E-state index contributed by atoms with van der Waals surface area (Å²) in [4.78, 5) is 29.8. The highest BCUT2D eigenvalue weighted by Gasteiger charge is 2.25. The Balaban J connectivity index is 1.57. The lowest BCUT2D eigenvalue weighted by molar-refractivity contribution is -0.123. The molecule has 0 fully saturated rings. The van der Waals surface area contributed by atoms with Gasteiger partial charge in [-0.25, -0.2) is 0 Å². The van der Waals surface area contributed by atoms with Crippen molar-refractivity contribution in [3.8, 4) is 0 Å². The number of thiophene rings is 1. The quantitative estimate of drug-likeness (QED) is 0.395. The Bertz CT molecular complexity index is 1200. The molecule has 0 aliphatic rings. The molecule has 0 saturated carbocycles. The highest BCUT2D eigenvalue weighted by Crippen LogP contribution is 2.21. The van der Waals surface area contributed by atoms with Gasteiger partial charge in [0.05, 0.1) is 10.9 Å². The molecule has 31 heavy (non-hydrogen) atoms. The Morgan fingerprint density at radius 3 is 2.55 bits per heavy atom. The van der Waals surface area contributed by atoms with Gasteiger partial charge >= 0.3 is 0 Å². The summed E-state index contributed by atoms with van der Waals surface area (Å²) in [5, 5.41) is 8.93. The zero-order chi connectivity index (χ0) is 21.8. The van der Waals surface area contributed by atoms with Gasteiger partial charge in [-0.05, 0) is 48.1 Å². The molecule has 4 rings (SSSR count). The van der Waals surface area contributed by atoms with Crippen molar-refractivity contribution >= 4 is 34.1 Å². The molecule has 4 aromatic rings. The van der Waals surface area contributed by atoms with Crippen molar-refractivity contribution in [2.75, 3.05) is 0 Å². The summed E-state index contributed by atoms with van der Waals surface area (Å²) in [6.07, 6.45) is 2.31. The maximum Gasteiger partial charge on any atom is 0.262 e. The first kappa shape index (κ1) is 20.9. The monoisotopic (exact) mass is 431 g/mol. The topological polar surface area (TPSA) is 74.0 Å². The van der Waals surface area contributed by atoms with E-state index in [1.807, 2.05) is 80.0 Å². The highest BCUT2D eigenvalue weighted by molar-refractivity contribution is 7.12. The lowest BCUT2D eigenvalue weighted by Gasteiger charge is -2.22. The van der Waals surface area contributed by atoms with Gasteiger partial charge in [0.15, 0.2) is 0 Å². The third-order valence-electron chi connectivity index (χ3n) is 5.48. The Labute approximate surface area is 185 Å². The third kappa shape index (κ3) is 4.70. The van der Waals surface area contributed by atoms with Crippen LogP contribution in [0.4, 0.5) is 0 Å². The van der Waals surface area contributed by atoms with Crippen LogP contribution >= 0.6 is 11.3 Å². The lowest BCUT2D eigenvalue weighted by Crippen LogP contribution is -2.48. The van der Waals surface area contributed by atoms with Crippen molar-refractivity contribution in [1.82, 2.24) is 15.6 Å². The van der Waals surface area contributed by atoms with E-state index < -0.39 is 6.04 Å². The third-order valence-corrected chi connectivity index (χ3v) is 6.35. The number of carbonyl (C=O) groups excluding carboxylic acids is 2. The van der Waals surface area contributed by atoms with Crippen LogP contribution < -0.4 is 10.6 Å². The predicted octanol–water partition coefficient (Wildman–Crippen LogP) is 4.76. The van der Waals surface area contributed by atoms with Crippen LogP contribution in [0.15, 0.2) is 72.2 Å². The molecule has 2 amide bonds. The SMILES string of the molecule is Cc1ccccc1[C@H](C)NC(=O)[C@H](Cc1c[nH]c2ccccc12)NC(=O)c1cccs1. The number of rotatable bonds is 7. The molecule has 3 N–H and O–H groups in total. The zero-order valence-electron chi connectivity index (χ0n) is 17.5. The van der Waals surface area contributed by atoms with Gasteiger partial charge in [0.25, 0.3) is 5.91 Å². The molecule has 0 unspecified atom stereocenters. The van der Waals surface area contributed by atoms with E-state index in [4.69, 9.17) is 0 Å². The number of para-hydroxylation sites is 1. The molecule has 0 bridgehead atoms. The van der Waals surface area contributed by atoms with Gasteiger partial charge in [0.1, 0.15) is 6.04 Å². The standard InChI is InChI=1S/C25H25N3O2S/c1-16-8-3-4-9-19(16)17(2)27-24(29)22(28-25(30)23-12-7-13-31-23)14-18-15-26-21-11-6-5-10-20(18)21/h3-13,15,17,22,26H,14H2,1-2H3,(H,27,29)(H,28,30)/t17-,22-/m0/s1. The number of hydrogen-bond acceptors (Lipinski definition) is 3. The number of benzene rings is 2. The minimum absolute atomic E-state index is 0.169. The highest BCUT2D eigenvalue weighted by atomic mass is 32.1. The number of aryl methyl sites for hydroxylation is 1. The molecule has 2 atom stereocenters. The van der Waals surface area contributed by atoms with Crippen LogP contribution in [-0.4, -0.2) is 22.8 Å². The fourth-order valence-electron chi connectivity index (χ4n) is 3.83. The maximum atomic E-state index is 13.3. The number of aromatic nitrogens is 1. The fourth-order valence-corrected chi connectivity index (χ4v) is 4.46. The molecule has 0 radical (unpaired) electrons. The summed E-state index contributed by atoms with van der Waals surface area (Å²) in [5.41, 5.74) is 4.18. The molecule has 0 aliphatic carbocycles. The Kier molecular flexibility index (Phi) is 6.18. The molecule has 2 aromatic carbocycles. The summed E-state index contributed by atoms with van der Waals surface area (Å²) in [6.45, 7) is 3.99.